The Balaban J connectivity index is 1.62. The molecule has 0 saturated heterocycles. The first-order valence-corrected chi connectivity index (χ1v) is 9.28. The summed E-state index contributed by atoms with van der Waals surface area (Å²) in [6.07, 6.45) is 3.56. The average molecular weight is 346 g/mol. The first kappa shape index (κ1) is 15.9. The molecule has 1 amide bonds. The predicted molar refractivity (Wildman–Crippen MR) is 101 cm³/mol. The van der Waals surface area contributed by atoms with Crippen LogP contribution in [0.3, 0.4) is 0 Å². The maximum atomic E-state index is 13.0. The van der Waals surface area contributed by atoms with Crippen LogP contribution in [0.2, 0.25) is 0 Å². The Morgan fingerprint density at radius 2 is 1.76 bits per heavy atom. The van der Waals surface area contributed by atoms with Gasteiger partial charge in [-0.25, -0.2) is 0 Å². The second kappa shape index (κ2) is 7.11. The van der Waals surface area contributed by atoms with Crippen molar-refractivity contribution in [2.45, 2.75) is 16.9 Å². The van der Waals surface area contributed by atoms with Gasteiger partial charge in [-0.3, -0.25) is 9.78 Å². The monoisotopic (exact) mass is 346 g/mol. The first-order valence-electron chi connectivity index (χ1n) is 8.30. The zero-order valence-electron chi connectivity index (χ0n) is 13.6. The van der Waals surface area contributed by atoms with Crippen LogP contribution >= 0.6 is 11.8 Å². The molecule has 2 aromatic carbocycles. The molecule has 2 heterocycles. The number of hydrogen-bond donors (Lipinski definition) is 1. The Bertz CT molecular complexity index is 828. The van der Waals surface area contributed by atoms with Crippen molar-refractivity contribution in [3.05, 3.63) is 95.8 Å². The summed E-state index contributed by atoms with van der Waals surface area (Å²) < 4.78 is 0. The molecule has 25 heavy (non-hydrogen) atoms. The van der Waals surface area contributed by atoms with Gasteiger partial charge >= 0.3 is 0 Å². The van der Waals surface area contributed by atoms with Crippen LogP contribution in [0.5, 0.6) is 0 Å². The zero-order valence-corrected chi connectivity index (χ0v) is 14.4. The molecule has 124 valence electrons. The van der Waals surface area contributed by atoms with Crippen molar-refractivity contribution in [1.82, 2.24) is 10.3 Å². The van der Waals surface area contributed by atoms with E-state index in [1.807, 2.05) is 60.8 Å². The molecule has 4 rings (SSSR count). The van der Waals surface area contributed by atoms with Gasteiger partial charge in [0.05, 0.1) is 12.0 Å². The fraction of sp³-hybridized carbons (Fsp3) is 0.143. The molecule has 1 aliphatic heterocycles. The molecule has 1 N–H and O–H groups in total. The van der Waals surface area contributed by atoms with E-state index in [0.717, 1.165) is 22.4 Å². The molecule has 1 aliphatic rings. The summed E-state index contributed by atoms with van der Waals surface area (Å²) in [7, 11) is 0. The molecule has 0 fully saturated rings. The van der Waals surface area contributed by atoms with Crippen molar-refractivity contribution in [3.63, 3.8) is 0 Å². The largest absolute Gasteiger partial charge is 0.345 e. The predicted octanol–water partition coefficient (Wildman–Crippen LogP) is 4.18. The van der Waals surface area contributed by atoms with Crippen LogP contribution < -0.4 is 5.32 Å². The summed E-state index contributed by atoms with van der Waals surface area (Å²) in [6.45, 7) is 0. The third kappa shape index (κ3) is 3.30. The lowest BCUT2D eigenvalue weighted by Gasteiger charge is -2.22. The van der Waals surface area contributed by atoms with Crippen LogP contribution in [-0.2, 0) is 4.79 Å². The molecule has 0 radical (unpaired) electrons. The van der Waals surface area contributed by atoms with Crippen LogP contribution in [0, 0.1) is 0 Å². The van der Waals surface area contributed by atoms with Crippen molar-refractivity contribution in [2.75, 3.05) is 5.75 Å². The topological polar surface area (TPSA) is 42.0 Å². The normalized spacial score (nSPS) is 16.9. The van der Waals surface area contributed by atoms with Gasteiger partial charge in [-0.15, -0.1) is 11.8 Å². The highest BCUT2D eigenvalue weighted by molar-refractivity contribution is 7.99. The van der Waals surface area contributed by atoms with Crippen LogP contribution in [0.1, 0.15) is 28.7 Å². The summed E-state index contributed by atoms with van der Waals surface area (Å²) in [5.74, 6) is 0.749. The summed E-state index contributed by atoms with van der Waals surface area (Å²) in [4.78, 5) is 18.4. The number of nitrogens with zero attached hydrogens (tertiary/aromatic N) is 1. The molecule has 0 spiro atoms. The minimum atomic E-state index is -0.194. The number of rotatable bonds is 4. The number of carbonyl (C=O) groups is 1. The third-order valence-corrected chi connectivity index (χ3v) is 5.64. The number of carbonyl (C=O) groups excluding carboxylic acids is 1. The Labute approximate surface area is 151 Å². The second-order valence-corrected chi connectivity index (χ2v) is 7.10. The Morgan fingerprint density at radius 3 is 2.56 bits per heavy atom. The van der Waals surface area contributed by atoms with E-state index >= 15 is 0 Å². The Hall–Kier alpha value is -2.59. The van der Waals surface area contributed by atoms with Crippen molar-refractivity contribution in [2.24, 2.45) is 0 Å². The fourth-order valence-corrected chi connectivity index (χ4v) is 4.40. The van der Waals surface area contributed by atoms with Crippen molar-refractivity contribution in [1.29, 1.82) is 0 Å². The maximum Gasteiger partial charge on any atom is 0.229 e. The van der Waals surface area contributed by atoms with Crippen LogP contribution in [0.4, 0.5) is 0 Å². The van der Waals surface area contributed by atoms with E-state index in [0.29, 0.717) is 0 Å². The lowest BCUT2D eigenvalue weighted by Crippen LogP contribution is -2.33. The number of pyridine rings is 1. The number of nitrogens with one attached hydrogen (secondary N) is 1. The SMILES string of the molecule is O=C(N[C@@H](c1ccccc1)c1cccnc1)[C@@H]1CSc2ccccc21. The van der Waals surface area contributed by atoms with Gasteiger partial charge < -0.3 is 5.32 Å². The van der Waals surface area contributed by atoms with Crippen LogP contribution in [-0.4, -0.2) is 16.6 Å². The number of hydrogen-bond acceptors (Lipinski definition) is 3. The number of fused-ring (bicyclic) bond motifs is 1. The lowest BCUT2D eigenvalue weighted by molar-refractivity contribution is -0.122. The molecular weight excluding hydrogens is 328 g/mol. The number of benzene rings is 2. The van der Waals surface area contributed by atoms with E-state index in [1.165, 1.54) is 4.90 Å². The molecular formula is C21H18N2OS. The zero-order chi connectivity index (χ0) is 17.1. The molecule has 0 bridgehead atoms. The van der Waals surface area contributed by atoms with E-state index < -0.39 is 0 Å². The second-order valence-electron chi connectivity index (χ2n) is 6.04. The van der Waals surface area contributed by atoms with E-state index in [2.05, 4.69) is 22.4 Å². The molecule has 1 aromatic heterocycles. The van der Waals surface area contributed by atoms with Crippen molar-refractivity contribution < 1.29 is 4.79 Å². The number of aromatic nitrogens is 1. The van der Waals surface area contributed by atoms with E-state index in [4.69, 9.17) is 0 Å². The number of amides is 1. The molecule has 2 atom stereocenters. The molecule has 3 aromatic rings. The summed E-state index contributed by atoms with van der Waals surface area (Å²) in [5, 5.41) is 3.24. The quantitative estimate of drug-likeness (QED) is 0.771. The smallest absolute Gasteiger partial charge is 0.229 e. The van der Waals surface area contributed by atoms with Gasteiger partial charge in [0.25, 0.3) is 0 Å². The van der Waals surface area contributed by atoms with Gasteiger partial charge in [-0.05, 0) is 28.8 Å². The fourth-order valence-electron chi connectivity index (χ4n) is 3.17. The summed E-state index contributed by atoms with van der Waals surface area (Å²) >= 11 is 1.75. The average Bonchev–Trinajstić information content (AvgIpc) is 3.11. The highest BCUT2D eigenvalue weighted by Crippen LogP contribution is 2.39. The van der Waals surface area contributed by atoms with Gasteiger partial charge in [0, 0.05) is 23.0 Å². The lowest BCUT2D eigenvalue weighted by atomic mass is 9.96. The van der Waals surface area contributed by atoms with Gasteiger partial charge in [-0.1, -0.05) is 54.6 Å². The Kier molecular flexibility index (Phi) is 4.53. The summed E-state index contributed by atoms with van der Waals surface area (Å²) in [5.41, 5.74) is 3.17. The van der Waals surface area contributed by atoms with Crippen molar-refractivity contribution in [3.8, 4) is 0 Å². The highest BCUT2D eigenvalue weighted by atomic mass is 32.2. The third-order valence-electron chi connectivity index (χ3n) is 4.45. The molecule has 0 saturated carbocycles. The minimum Gasteiger partial charge on any atom is -0.345 e. The standard InChI is InChI=1S/C21H18N2OS/c24-21(18-14-25-19-11-5-4-10-17(18)19)23-20(15-7-2-1-3-8-15)16-9-6-12-22-13-16/h1-13,18,20H,14H2,(H,23,24)/t18-,20+/m1/s1. The Morgan fingerprint density at radius 1 is 1.00 bits per heavy atom. The molecule has 0 aliphatic carbocycles. The molecule has 4 heteroatoms. The molecule has 0 unspecified atom stereocenters. The summed E-state index contributed by atoms with van der Waals surface area (Å²) in [6, 6.07) is 21.9. The van der Waals surface area contributed by atoms with Crippen LogP contribution in [0.15, 0.2) is 84.0 Å². The van der Waals surface area contributed by atoms with Gasteiger partial charge in [-0.2, -0.15) is 0 Å². The molecule has 3 nitrogen and oxygen atoms in total. The van der Waals surface area contributed by atoms with Gasteiger partial charge in [0.2, 0.25) is 5.91 Å². The van der Waals surface area contributed by atoms with E-state index in [1.54, 1.807) is 18.0 Å². The van der Waals surface area contributed by atoms with Crippen LogP contribution in [0.25, 0.3) is 0 Å². The van der Waals surface area contributed by atoms with E-state index in [9.17, 15) is 4.79 Å². The van der Waals surface area contributed by atoms with E-state index in [-0.39, 0.29) is 17.9 Å². The highest BCUT2D eigenvalue weighted by Gasteiger charge is 2.30. The number of thioether (sulfide) groups is 1. The maximum absolute atomic E-state index is 13.0. The minimum absolute atomic E-state index is 0.0650. The van der Waals surface area contributed by atoms with Gasteiger partial charge in [0.15, 0.2) is 0 Å². The van der Waals surface area contributed by atoms with Gasteiger partial charge in [0.1, 0.15) is 0 Å². The first-order chi connectivity index (χ1) is 12.3. The van der Waals surface area contributed by atoms with Crippen molar-refractivity contribution >= 4 is 17.7 Å².